The molecule has 0 bridgehead atoms. The van der Waals surface area contributed by atoms with E-state index < -0.39 is 0 Å². The largest absolute Gasteiger partial charge is 0.358 e. The third-order valence-electron chi connectivity index (χ3n) is 6.57. The van der Waals surface area contributed by atoms with E-state index in [4.69, 9.17) is 4.98 Å². The van der Waals surface area contributed by atoms with Crippen molar-refractivity contribution in [3.63, 3.8) is 0 Å². The molecular weight excluding hydrogens is 366 g/mol. The molecule has 4 aromatic rings. The Morgan fingerprint density at radius 3 is 2.43 bits per heavy atom. The normalized spacial score (nSPS) is 16.7. The van der Waals surface area contributed by atoms with Crippen LogP contribution in [0.3, 0.4) is 0 Å². The highest BCUT2D eigenvalue weighted by atomic mass is 15.2. The van der Waals surface area contributed by atoms with Gasteiger partial charge >= 0.3 is 0 Å². The van der Waals surface area contributed by atoms with Gasteiger partial charge < -0.3 is 4.98 Å². The van der Waals surface area contributed by atoms with E-state index in [9.17, 15) is 0 Å². The van der Waals surface area contributed by atoms with Crippen LogP contribution >= 0.6 is 0 Å². The molecule has 0 saturated carbocycles. The van der Waals surface area contributed by atoms with Crippen LogP contribution in [0.2, 0.25) is 0 Å². The van der Waals surface area contributed by atoms with Crippen molar-refractivity contribution >= 4 is 10.9 Å². The van der Waals surface area contributed by atoms with Gasteiger partial charge in [0.2, 0.25) is 0 Å². The molecule has 1 atom stereocenters. The number of fused-ring (bicyclic) bond motifs is 1. The Kier molecular flexibility index (Phi) is 5.37. The third kappa shape index (κ3) is 3.78. The van der Waals surface area contributed by atoms with E-state index in [2.05, 4.69) is 83.5 Å². The number of likely N-dealkylation sites (tertiary alicyclic amines) is 1. The van der Waals surface area contributed by atoms with Gasteiger partial charge in [-0.15, -0.1) is 0 Å². The maximum Gasteiger partial charge on any atom is 0.0799 e. The first kappa shape index (κ1) is 19.1. The number of aromatic amines is 1. The molecule has 1 aliphatic rings. The number of piperidine rings is 1. The van der Waals surface area contributed by atoms with Gasteiger partial charge in [-0.2, -0.15) is 0 Å². The van der Waals surface area contributed by atoms with Gasteiger partial charge in [0.25, 0.3) is 0 Å². The summed E-state index contributed by atoms with van der Waals surface area (Å²) in [7, 11) is 0. The van der Waals surface area contributed by atoms with Crippen molar-refractivity contribution in [1.82, 2.24) is 14.9 Å². The van der Waals surface area contributed by atoms with E-state index in [0.717, 1.165) is 24.7 Å². The van der Waals surface area contributed by atoms with E-state index in [-0.39, 0.29) is 6.04 Å². The van der Waals surface area contributed by atoms with Crippen LogP contribution in [0, 0.1) is 12.8 Å². The Bertz CT molecular complexity index is 1090. The highest BCUT2D eigenvalue weighted by Gasteiger charge is 2.31. The molecule has 3 heterocycles. The van der Waals surface area contributed by atoms with Crippen LogP contribution in [0.1, 0.15) is 41.4 Å². The summed E-state index contributed by atoms with van der Waals surface area (Å²) in [6.07, 6.45) is 5.59. The van der Waals surface area contributed by atoms with Crippen molar-refractivity contribution in [1.29, 1.82) is 0 Å². The molecule has 3 heteroatoms. The third-order valence-corrected chi connectivity index (χ3v) is 6.57. The second kappa shape index (κ2) is 8.45. The molecule has 1 aliphatic heterocycles. The minimum Gasteiger partial charge on any atom is -0.358 e. The molecule has 5 rings (SSSR count). The molecule has 30 heavy (non-hydrogen) atoms. The lowest BCUT2D eigenvalue weighted by molar-refractivity contribution is 0.149. The molecule has 2 aromatic heterocycles. The molecule has 0 amide bonds. The lowest BCUT2D eigenvalue weighted by Crippen LogP contribution is -2.38. The summed E-state index contributed by atoms with van der Waals surface area (Å²) in [4.78, 5) is 11.0. The summed E-state index contributed by atoms with van der Waals surface area (Å²) in [5, 5.41) is 1.32. The number of nitrogens with zero attached hydrogens (tertiary/aromatic N) is 2. The smallest absolute Gasteiger partial charge is 0.0799 e. The average Bonchev–Trinajstić information content (AvgIpc) is 3.12. The van der Waals surface area contributed by atoms with Crippen LogP contribution in [-0.2, 0) is 6.42 Å². The Labute approximate surface area is 178 Å². The molecule has 1 saturated heterocycles. The topological polar surface area (TPSA) is 31.9 Å². The second-order valence-corrected chi connectivity index (χ2v) is 8.54. The first-order valence-electron chi connectivity index (χ1n) is 11.1. The number of pyridine rings is 1. The lowest BCUT2D eigenvalue weighted by Gasteiger charge is -2.38. The predicted octanol–water partition coefficient (Wildman–Crippen LogP) is 5.92. The van der Waals surface area contributed by atoms with E-state index in [0.29, 0.717) is 0 Å². The van der Waals surface area contributed by atoms with Crippen molar-refractivity contribution in [2.75, 3.05) is 13.1 Å². The van der Waals surface area contributed by atoms with Crippen molar-refractivity contribution in [2.45, 2.75) is 32.2 Å². The summed E-state index contributed by atoms with van der Waals surface area (Å²) in [6.45, 7) is 4.42. The van der Waals surface area contributed by atoms with E-state index in [1.54, 1.807) is 0 Å². The molecule has 3 nitrogen and oxygen atoms in total. The quantitative estimate of drug-likeness (QED) is 0.455. The highest BCUT2D eigenvalue weighted by Crippen LogP contribution is 2.37. The fraction of sp³-hybridized carbons (Fsp3) is 0.296. The Morgan fingerprint density at radius 1 is 0.933 bits per heavy atom. The van der Waals surface area contributed by atoms with Crippen molar-refractivity contribution in [3.05, 3.63) is 102 Å². The van der Waals surface area contributed by atoms with Gasteiger partial charge in [0.1, 0.15) is 0 Å². The Hall–Kier alpha value is -2.91. The zero-order valence-electron chi connectivity index (χ0n) is 17.6. The second-order valence-electron chi connectivity index (χ2n) is 8.54. The first-order valence-corrected chi connectivity index (χ1v) is 11.1. The van der Waals surface area contributed by atoms with Crippen LogP contribution in [0.5, 0.6) is 0 Å². The fourth-order valence-electron chi connectivity index (χ4n) is 5.07. The van der Waals surface area contributed by atoms with Gasteiger partial charge in [0.15, 0.2) is 0 Å². The average molecular weight is 396 g/mol. The van der Waals surface area contributed by atoms with Gasteiger partial charge in [-0.3, -0.25) is 9.88 Å². The molecule has 0 radical (unpaired) electrons. The molecule has 1 fully saturated rings. The predicted molar refractivity (Wildman–Crippen MR) is 124 cm³/mol. The molecular formula is C27H29N3. The van der Waals surface area contributed by atoms with Crippen molar-refractivity contribution < 1.29 is 0 Å². The van der Waals surface area contributed by atoms with Crippen LogP contribution in [0.4, 0.5) is 0 Å². The number of hydrogen-bond donors (Lipinski definition) is 1. The van der Waals surface area contributed by atoms with Gasteiger partial charge in [0.05, 0.1) is 11.7 Å². The van der Waals surface area contributed by atoms with E-state index >= 15 is 0 Å². The number of benzene rings is 2. The maximum atomic E-state index is 4.79. The summed E-state index contributed by atoms with van der Waals surface area (Å²) in [6, 6.07) is 26.1. The number of aryl methyl sites for hydroxylation is 1. The minimum absolute atomic E-state index is 0.194. The number of rotatable bonds is 5. The SMILES string of the molecule is Cc1[nH]c2ccccc2c1C(c1ccccn1)N1CCC(Cc2ccccc2)CC1. The highest BCUT2D eigenvalue weighted by molar-refractivity contribution is 5.85. The molecule has 0 spiro atoms. The Morgan fingerprint density at radius 2 is 1.67 bits per heavy atom. The number of nitrogens with one attached hydrogen (secondary N) is 1. The Balaban J connectivity index is 1.43. The van der Waals surface area contributed by atoms with E-state index in [1.807, 2.05) is 12.3 Å². The summed E-state index contributed by atoms with van der Waals surface area (Å²) < 4.78 is 0. The zero-order valence-corrected chi connectivity index (χ0v) is 17.6. The number of para-hydroxylation sites is 1. The van der Waals surface area contributed by atoms with Gasteiger partial charge in [0, 0.05) is 28.4 Å². The van der Waals surface area contributed by atoms with Crippen LogP contribution < -0.4 is 0 Å². The van der Waals surface area contributed by atoms with Crippen LogP contribution in [-0.4, -0.2) is 28.0 Å². The van der Waals surface area contributed by atoms with E-state index in [1.165, 1.54) is 47.0 Å². The summed E-state index contributed by atoms with van der Waals surface area (Å²) in [5.41, 5.74) is 6.45. The number of hydrogen-bond acceptors (Lipinski definition) is 2. The number of aromatic nitrogens is 2. The first-order chi connectivity index (χ1) is 14.8. The van der Waals surface area contributed by atoms with Crippen molar-refractivity contribution in [3.8, 4) is 0 Å². The molecule has 1 unspecified atom stereocenters. The summed E-state index contributed by atoms with van der Waals surface area (Å²) in [5.74, 6) is 0.761. The van der Waals surface area contributed by atoms with Crippen molar-refractivity contribution in [2.24, 2.45) is 5.92 Å². The lowest BCUT2D eigenvalue weighted by atomic mass is 9.88. The maximum absolute atomic E-state index is 4.79. The van der Waals surface area contributed by atoms with Gasteiger partial charge in [-0.1, -0.05) is 54.6 Å². The standard InChI is InChI=1S/C27H29N3/c1-20-26(23-11-5-6-12-24(23)29-20)27(25-13-7-8-16-28-25)30-17-14-22(15-18-30)19-21-9-3-2-4-10-21/h2-13,16,22,27,29H,14-15,17-19H2,1H3. The molecule has 2 aromatic carbocycles. The zero-order chi connectivity index (χ0) is 20.3. The van der Waals surface area contributed by atoms with Crippen LogP contribution in [0.15, 0.2) is 79.0 Å². The number of H-pyrrole nitrogens is 1. The van der Waals surface area contributed by atoms with Crippen LogP contribution in [0.25, 0.3) is 10.9 Å². The monoisotopic (exact) mass is 395 g/mol. The molecule has 0 aliphatic carbocycles. The molecule has 1 N–H and O–H groups in total. The molecule has 152 valence electrons. The minimum atomic E-state index is 0.194. The fourth-order valence-corrected chi connectivity index (χ4v) is 5.07. The van der Waals surface area contributed by atoms with Gasteiger partial charge in [-0.05, 0) is 69.0 Å². The van der Waals surface area contributed by atoms with Gasteiger partial charge in [-0.25, -0.2) is 0 Å². The summed E-state index contributed by atoms with van der Waals surface area (Å²) >= 11 is 0.